The fourth-order valence-corrected chi connectivity index (χ4v) is 2.45. The van der Waals surface area contributed by atoms with Crippen LogP contribution < -0.4 is 10.6 Å². The number of benzene rings is 1. The number of para-hydroxylation sites is 1. The summed E-state index contributed by atoms with van der Waals surface area (Å²) in [5.41, 5.74) is -0.718. The van der Waals surface area contributed by atoms with Gasteiger partial charge in [0.15, 0.2) is 0 Å². The molecule has 0 aliphatic heterocycles. The molecule has 1 saturated carbocycles. The van der Waals surface area contributed by atoms with Gasteiger partial charge in [-0.3, -0.25) is 0 Å². The average molecular weight is 275 g/mol. The molecule has 1 aliphatic rings. The van der Waals surface area contributed by atoms with Crippen LogP contribution in [-0.2, 0) is 0 Å². The van der Waals surface area contributed by atoms with E-state index in [4.69, 9.17) is 0 Å². The van der Waals surface area contributed by atoms with Gasteiger partial charge in [0.1, 0.15) is 11.4 Å². The predicted octanol–water partition coefficient (Wildman–Crippen LogP) is 3.42. The Morgan fingerprint density at radius 1 is 1.40 bits per heavy atom. The second-order valence-corrected chi connectivity index (χ2v) is 5.44. The van der Waals surface area contributed by atoms with E-state index in [1.54, 1.807) is 12.1 Å². The van der Waals surface area contributed by atoms with E-state index >= 15 is 0 Å². The van der Waals surface area contributed by atoms with E-state index in [0.717, 1.165) is 12.8 Å². The third-order valence-electron chi connectivity index (χ3n) is 3.82. The van der Waals surface area contributed by atoms with Gasteiger partial charge in [0.25, 0.3) is 0 Å². The molecule has 106 valence electrons. The van der Waals surface area contributed by atoms with Crippen molar-refractivity contribution in [3.63, 3.8) is 0 Å². The molecule has 0 unspecified atom stereocenters. The standard InChI is InChI=1S/C15H18FN3O/c1-11-6-8-15(10-17,9-7-11)19-14(20)18-13-5-3-2-4-12(13)16/h2-5,11H,6-9H2,1H3,(H2,18,19,20). The Labute approximate surface area is 118 Å². The zero-order valence-corrected chi connectivity index (χ0v) is 11.4. The molecule has 1 aromatic rings. The summed E-state index contributed by atoms with van der Waals surface area (Å²) in [6.45, 7) is 2.14. The molecule has 1 aliphatic carbocycles. The number of rotatable bonds is 2. The van der Waals surface area contributed by atoms with Gasteiger partial charge in [0.2, 0.25) is 0 Å². The number of nitrogens with one attached hydrogen (secondary N) is 2. The number of carbonyl (C=O) groups excluding carboxylic acids is 1. The number of carbonyl (C=O) groups is 1. The molecule has 0 heterocycles. The van der Waals surface area contributed by atoms with Crippen molar-refractivity contribution in [1.82, 2.24) is 5.32 Å². The third kappa shape index (κ3) is 3.27. The number of hydrogen-bond donors (Lipinski definition) is 2. The highest BCUT2D eigenvalue weighted by Crippen LogP contribution is 2.31. The quantitative estimate of drug-likeness (QED) is 0.868. The van der Waals surface area contributed by atoms with Crippen molar-refractivity contribution in [2.75, 3.05) is 5.32 Å². The zero-order chi connectivity index (χ0) is 14.6. The normalized spacial score (nSPS) is 25.6. The number of anilines is 1. The van der Waals surface area contributed by atoms with Gasteiger partial charge in [-0.05, 0) is 43.7 Å². The second-order valence-electron chi connectivity index (χ2n) is 5.44. The molecule has 20 heavy (non-hydrogen) atoms. The highest BCUT2D eigenvalue weighted by atomic mass is 19.1. The van der Waals surface area contributed by atoms with Crippen molar-refractivity contribution < 1.29 is 9.18 Å². The third-order valence-corrected chi connectivity index (χ3v) is 3.82. The molecule has 2 rings (SSSR count). The Morgan fingerprint density at radius 3 is 2.65 bits per heavy atom. The van der Waals surface area contributed by atoms with Crippen LogP contribution in [0.4, 0.5) is 14.9 Å². The van der Waals surface area contributed by atoms with Gasteiger partial charge < -0.3 is 10.6 Å². The molecule has 0 bridgehead atoms. The summed E-state index contributed by atoms with van der Waals surface area (Å²) < 4.78 is 13.4. The van der Waals surface area contributed by atoms with Gasteiger partial charge >= 0.3 is 6.03 Å². The van der Waals surface area contributed by atoms with Crippen LogP contribution in [0.3, 0.4) is 0 Å². The van der Waals surface area contributed by atoms with Gasteiger partial charge in [-0.25, -0.2) is 9.18 Å². The lowest BCUT2D eigenvalue weighted by Gasteiger charge is -2.34. The molecular weight excluding hydrogens is 257 g/mol. The first-order valence-electron chi connectivity index (χ1n) is 6.80. The van der Waals surface area contributed by atoms with Gasteiger partial charge in [-0.15, -0.1) is 0 Å². The molecule has 1 aromatic carbocycles. The SMILES string of the molecule is CC1CCC(C#N)(NC(=O)Nc2ccccc2F)CC1. The van der Waals surface area contributed by atoms with Gasteiger partial charge in [0.05, 0.1) is 11.8 Å². The molecule has 2 N–H and O–H groups in total. The van der Waals surface area contributed by atoms with Crippen molar-refractivity contribution in [3.05, 3.63) is 30.1 Å². The van der Waals surface area contributed by atoms with E-state index in [9.17, 15) is 14.4 Å². The second kappa shape index (κ2) is 5.91. The van der Waals surface area contributed by atoms with Crippen LogP contribution in [0.1, 0.15) is 32.6 Å². The molecule has 0 atom stereocenters. The summed E-state index contributed by atoms with van der Waals surface area (Å²) in [6, 6.07) is 7.62. The number of halogens is 1. The fraction of sp³-hybridized carbons (Fsp3) is 0.467. The van der Waals surface area contributed by atoms with Crippen LogP contribution in [-0.4, -0.2) is 11.6 Å². The maximum Gasteiger partial charge on any atom is 0.320 e. The molecule has 5 heteroatoms. The Balaban J connectivity index is 2.00. The Bertz CT molecular complexity index is 530. The van der Waals surface area contributed by atoms with Gasteiger partial charge in [-0.2, -0.15) is 5.26 Å². The maximum atomic E-state index is 13.4. The van der Waals surface area contributed by atoms with Crippen LogP contribution in [0, 0.1) is 23.1 Å². The smallest absolute Gasteiger partial charge is 0.319 e. The minimum atomic E-state index is -0.831. The van der Waals surface area contributed by atoms with Crippen molar-refractivity contribution in [3.8, 4) is 6.07 Å². The number of nitrogens with zero attached hydrogens (tertiary/aromatic N) is 1. The highest BCUT2D eigenvalue weighted by molar-refractivity contribution is 5.90. The van der Waals surface area contributed by atoms with Crippen LogP contribution in [0.2, 0.25) is 0 Å². The molecule has 0 saturated heterocycles. The number of nitriles is 1. The Hall–Kier alpha value is -2.09. The molecule has 0 radical (unpaired) electrons. The zero-order valence-electron chi connectivity index (χ0n) is 11.4. The Kier molecular flexibility index (Phi) is 4.23. The van der Waals surface area contributed by atoms with E-state index in [2.05, 4.69) is 23.6 Å². The van der Waals surface area contributed by atoms with Crippen LogP contribution in [0.25, 0.3) is 0 Å². The van der Waals surface area contributed by atoms with Crippen molar-refractivity contribution in [1.29, 1.82) is 5.26 Å². The summed E-state index contributed by atoms with van der Waals surface area (Å²) in [5, 5.41) is 14.5. The molecule has 1 fully saturated rings. The molecule has 4 nitrogen and oxygen atoms in total. The lowest BCUT2D eigenvalue weighted by molar-refractivity contribution is 0.222. The van der Waals surface area contributed by atoms with Crippen LogP contribution in [0.5, 0.6) is 0 Å². The van der Waals surface area contributed by atoms with Crippen LogP contribution in [0.15, 0.2) is 24.3 Å². The number of hydrogen-bond acceptors (Lipinski definition) is 2. The molecule has 0 aromatic heterocycles. The summed E-state index contributed by atoms with van der Waals surface area (Å²) in [4.78, 5) is 11.9. The largest absolute Gasteiger partial charge is 0.320 e. The Morgan fingerprint density at radius 2 is 2.05 bits per heavy atom. The first-order valence-corrected chi connectivity index (χ1v) is 6.80. The summed E-state index contributed by atoms with van der Waals surface area (Å²) in [6.07, 6.45) is 3.09. The van der Waals surface area contributed by atoms with Crippen molar-refractivity contribution >= 4 is 11.7 Å². The first-order chi connectivity index (χ1) is 9.54. The lowest BCUT2D eigenvalue weighted by Crippen LogP contribution is -2.51. The number of urea groups is 1. The monoisotopic (exact) mass is 275 g/mol. The maximum absolute atomic E-state index is 13.4. The van der Waals surface area contributed by atoms with E-state index in [0.29, 0.717) is 18.8 Å². The van der Waals surface area contributed by atoms with Gasteiger partial charge in [0, 0.05) is 0 Å². The lowest BCUT2D eigenvalue weighted by atomic mass is 9.78. The fourth-order valence-electron chi connectivity index (χ4n) is 2.45. The summed E-state index contributed by atoms with van der Waals surface area (Å²) in [7, 11) is 0. The van der Waals surface area contributed by atoms with Gasteiger partial charge in [-0.1, -0.05) is 19.1 Å². The van der Waals surface area contributed by atoms with E-state index in [1.807, 2.05) is 0 Å². The van der Waals surface area contributed by atoms with E-state index in [-0.39, 0.29) is 5.69 Å². The molecule has 0 spiro atoms. The average Bonchev–Trinajstić information content (AvgIpc) is 2.44. The molecule has 2 amide bonds. The summed E-state index contributed by atoms with van der Waals surface area (Å²) >= 11 is 0. The highest BCUT2D eigenvalue weighted by Gasteiger charge is 2.35. The minimum absolute atomic E-state index is 0.113. The predicted molar refractivity (Wildman–Crippen MR) is 74.5 cm³/mol. The number of amides is 2. The topological polar surface area (TPSA) is 64.9 Å². The summed E-state index contributed by atoms with van der Waals surface area (Å²) in [5.74, 6) is 0.0822. The van der Waals surface area contributed by atoms with Crippen molar-refractivity contribution in [2.24, 2.45) is 5.92 Å². The van der Waals surface area contributed by atoms with Crippen LogP contribution >= 0.6 is 0 Å². The van der Waals surface area contributed by atoms with E-state index < -0.39 is 17.4 Å². The van der Waals surface area contributed by atoms with Crippen molar-refractivity contribution in [2.45, 2.75) is 38.1 Å². The van der Waals surface area contributed by atoms with E-state index in [1.165, 1.54) is 12.1 Å². The first kappa shape index (κ1) is 14.3. The minimum Gasteiger partial charge on any atom is -0.319 e. The molecular formula is C15H18FN3O.